The predicted octanol–water partition coefficient (Wildman–Crippen LogP) is 5.12. The highest BCUT2D eigenvalue weighted by molar-refractivity contribution is 5.45. The van der Waals surface area contributed by atoms with Crippen LogP contribution in [0, 0.1) is 0 Å². The van der Waals surface area contributed by atoms with E-state index in [1.165, 1.54) is 23.1 Å². The fourth-order valence-corrected chi connectivity index (χ4v) is 3.02. The molecular weight excluding hydrogens is 242 g/mol. The van der Waals surface area contributed by atoms with Gasteiger partial charge in [-0.15, -0.1) is 0 Å². The Kier molecular flexibility index (Phi) is 5.43. The van der Waals surface area contributed by atoms with Gasteiger partial charge in [0.25, 0.3) is 0 Å². The lowest BCUT2D eigenvalue weighted by Gasteiger charge is -2.34. The van der Waals surface area contributed by atoms with Crippen LogP contribution >= 0.6 is 0 Å². The largest absolute Gasteiger partial charge is 0.330 e. The quantitative estimate of drug-likeness (QED) is 0.810. The average Bonchev–Trinajstić information content (AvgIpc) is 2.32. The summed E-state index contributed by atoms with van der Waals surface area (Å²) in [5.41, 5.74) is 10.6. The van der Waals surface area contributed by atoms with Gasteiger partial charge in [0.2, 0.25) is 0 Å². The minimum Gasteiger partial charge on any atom is -0.330 e. The molecule has 1 unspecified atom stereocenters. The first-order valence-electron chi connectivity index (χ1n) is 7.93. The number of benzene rings is 1. The van der Waals surface area contributed by atoms with E-state index in [1.54, 1.807) is 0 Å². The molecule has 0 saturated carbocycles. The van der Waals surface area contributed by atoms with E-state index < -0.39 is 0 Å². The number of hydrogen-bond acceptors (Lipinski definition) is 1. The molecule has 1 aromatic carbocycles. The van der Waals surface area contributed by atoms with Gasteiger partial charge in [0, 0.05) is 0 Å². The van der Waals surface area contributed by atoms with Crippen LogP contribution in [0.15, 0.2) is 18.2 Å². The van der Waals surface area contributed by atoms with E-state index in [9.17, 15) is 0 Å². The second-order valence-electron chi connectivity index (χ2n) is 8.10. The van der Waals surface area contributed by atoms with Gasteiger partial charge >= 0.3 is 0 Å². The third-order valence-corrected chi connectivity index (χ3v) is 4.03. The maximum atomic E-state index is 5.68. The van der Waals surface area contributed by atoms with E-state index >= 15 is 0 Å². The zero-order valence-electron chi connectivity index (χ0n) is 14.5. The summed E-state index contributed by atoms with van der Waals surface area (Å²) in [6.07, 6.45) is 2.28. The first-order chi connectivity index (χ1) is 9.09. The molecule has 0 aliphatic rings. The van der Waals surface area contributed by atoms with E-state index in [-0.39, 0.29) is 10.8 Å². The molecule has 0 fully saturated rings. The molecule has 0 aliphatic heterocycles. The Balaban J connectivity index is 3.38. The molecule has 0 saturated heterocycles. The Bertz CT molecular complexity index is 432. The van der Waals surface area contributed by atoms with Crippen LogP contribution in [0.25, 0.3) is 0 Å². The lowest BCUT2D eigenvalue weighted by molar-refractivity contribution is 0.514. The van der Waals surface area contributed by atoms with Crippen molar-refractivity contribution in [3.05, 3.63) is 34.9 Å². The summed E-state index contributed by atoms with van der Waals surface area (Å²) in [4.78, 5) is 0. The molecule has 0 amide bonds. The van der Waals surface area contributed by atoms with Gasteiger partial charge in [0.05, 0.1) is 0 Å². The van der Waals surface area contributed by atoms with E-state index in [2.05, 4.69) is 66.7 Å². The van der Waals surface area contributed by atoms with Crippen LogP contribution < -0.4 is 5.73 Å². The van der Waals surface area contributed by atoms with Crippen molar-refractivity contribution in [1.82, 2.24) is 0 Å². The second-order valence-corrected chi connectivity index (χ2v) is 8.10. The molecule has 1 aromatic rings. The van der Waals surface area contributed by atoms with Crippen molar-refractivity contribution in [2.45, 2.75) is 78.1 Å². The zero-order valence-corrected chi connectivity index (χ0v) is 14.5. The van der Waals surface area contributed by atoms with E-state index in [0.29, 0.717) is 5.92 Å². The summed E-state index contributed by atoms with van der Waals surface area (Å²) in [5, 5.41) is 0. The molecule has 0 radical (unpaired) electrons. The van der Waals surface area contributed by atoms with Gasteiger partial charge < -0.3 is 5.73 Å². The van der Waals surface area contributed by atoms with Crippen LogP contribution in [0.1, 0.15) is 83.9 Å². The van der Waals surface area contributed by atoms with Crippen LogP contribution in [0.2, 0.25) is 0 Å². The minimum absolute atomic E-state index is 0.177. The molecule has 2 N–H and O–H groups in total. The van der Waals surface area contributed by atoms with Crippen LogP contribution in [0.5, 0.6) is 0 Å². The highest BCUT2D eigenvalue weighted by Gasteiger charge is 2.28. The van der Waals surface area contributed by atoms with Gasteiger partial charge in [-0.1, -0.05) is 66.7 Å². The third-order valence-electron chi connectivity index (χ3n) is 4.03. The van der Waals surface area contributed by atoms with Crippen molar-refractivity contribution in [2.75, 3.05) is 6.54 Å². The Morgan fingerprint density at radius 3 is 2.05 bits per heavy atom. The van der Waals surface area contributed by atoms with Gasteiger partial charge in [-0.05, 0) is 52.8 Å². The van der Waals surface area contributed by atoms with Crippen molar-refractivity contribution >= 4 is 0 Å². The smallest absolute Gasteiger partial charge is 0.00771 e. The molecule has 1 nitrogen and oxygen atoms in total. The number of rotatable bonds is 4. The van der Waals surface area contributed by atoms with Crippen molar-refractivity contribution in [1.29, 1.82) is 0 Å². The highest BCUT2D eigenvalue weighted by atomic mass is 14.5. The highest BCUT2D eigenvalue weighted by Crippen LogP contribution is 2.39. The molecule has 0 aliphatic carbocycles. The summed E-state index contributed by atoms with van der Waals surface area (Å²) in [6, 6.07) is 6.85. The maximum absolute atomic E-state index is 5.68. The van der Waals surface area contributed by atoms with Gasteiger partial charge in [-0.25, -0.2) is 0 Å². The SMILES string of the molecule is CC(CCCN)c1cccc(C(C)(C)C)c1C(C)(C)C. The van der Waals surface area contributed by atoms with Crippen LogP contribution in [-0.2, 0) is 10.8 Å². The maximum Gasteiger partial charge on any atom is -0.00771 e. The lowest BCUT2D eigenvalue weighted by atomic mass is 9.71. The summed E-state index contributed by atoms with van der Waals surface area (Å²) in [6.45, 7) is 17.1. The molecule has 0 bridgehead atoms. The Hall–Kier alpha value is -0.820. The molecule has 1 atom stereocenters. The first-order valence-corrected chi connectivity index (χ1v) is 7.93. The number of nitrogens with two attached hydrogens (primary N) is 1. The molecule has 114 valence electrons. The van der Waals surface area contributed by atoms with E-state index in [0.717, 1.165) is 13.0 Å². The summed E-state index contributed by atoms with van der Waals surface area (Å²) >= 11 is 0. The van der Waals surface area contributed by atoms with Crippen LogP contribution in [0.3, 0.4) is 0 Å². The Morgan fingerprint density at radius 1 is 1.00 bits per heavy atom. The van der Waals surface area contributed by atoms with Crippen molar-refractivity contribution < 1.29 is 0 Å². The third kappa shape index (κ3) is 4.09. The van der Waals surface area contributed by atoms with Gasteiger partial charge in [-0.3, -0.25) is 0 Å². The van der Waals surface area contributed by atoms with E-state index in [1.807, 2.05) is 0 Å². The lowest BCUT2D eigenvalue weighted by Crippen LogP contribution is -2.24. The van der Waals surface area contributed by atoms with Gasteiger partial charge in [0.1, 0.15) is 0 Å². The topological polar surface area (TPSA) is 26.0 Å². The van der Waals surface area contributed by atoms with Crippen LogP contribution in [-0.4, -0.2) is 6.54 Å². The normalized spacial score (nSPS) is 14.4. The molecular formula is C19H33N. The molecule has 1 rings (SSSR count). The minimum atomic E-state index is 0.177. The zero-order chi connectivity index (χ0) is 15.6. The molecule has 0 heterocycles. The summed E-state index contributed by atoms with van der Waals surface area (Å²) in [5.74, 6) is 0.579. The van der Waals surface area contributed by atoms with Crippen molar-refractivity contribution in [3.63, 3.8) is 0 Å². The standard InChI is InChI=1S/C19H33N/c1-14(10-9-13-20)15-11-8-12-16(18(2,3)4)17(15)19(5,6)7/h8,11-12,14H,9-10,13,20H2,1-7H3. The fourth-order valence-electron chi connectivity index (χ4n) is 3.02. The molecule has 1 heteroatoms. The van der Waals surface area contributed by atoms with Crippen LogP contribution in [0.4, 0.5) is 0 Å². The predicted molar refractivity (Wildman–Crippen MR) is 90.5 cm³/mol. The summed E-state index contributed by atoms with van der Waals surface area (Å²) in [7, 11) is 0. The Labute approximate surface area is 126 Å². The number of hydrogen-bond donors (Lipinski definition) is 1. The van der Waals surface area contributed by atoms with Crippen molar-refractivity contribution in [2.24, 2.45) is 5.73 Å². The van der Waals surface area contributed by atoms with E-state index in [4.69, 9.17) is 5.73 Å². The van der Waals surface area contributed by atoms with Crippen molar-refractivity contribution in [3.8, 4) is 0 Å². The molecule has 20 heavy (non-hydrogen) atoms. The molecule has 0 spiro atoms. The first kappa shape index (κ1) is 17.2. The fraction of sp³-hybridized carbons (Fsp3) is 0.684. The Morgan fingerprint density at radius 2 is 1.60 bits per heavy atom. The second kappa shape index (κ2) is 6.30. The summed E-state index contributed by atoms with van der Waals surface area (Å²) < 4.78 is 0. The van der Waals surface area contributed by atoms with Gasteiger partial charge in [0.15, 0.2) is 0 Å². The van der Waals surface area contributed by atoms with Gasteiger partial charge in [-0.2, -0.15) is 0 Å². The molecule has 0 aromatic heterocycles. The monoisotopic (exact) mass is 275 g/mol. The average molecular weight is 275 g/mol.